The largest absolute Gasteiger partial charge is 0.450 e. The van der Waals surface area contributed by atoms with Gasteiger partial charge in [0.05, 0.1) is 30.9 Å². The van der Waals surface area contributed by atoms with E-state index < -0.39 is 18.1 Å². The molecule has 5 aliphatic rings. The maximum Gasteiger partial charge on any atom is 0.407 e. The molecule has 11 heteroatoms. The molecule has 44 heavy (non-hydrogen) atoms. The van der Waals surface area contributed by atoms with E-state index in [1.165, 1.54) is 4.90 Å². The van der Waals surface area contributed by atoms with E-state index in [2.05, 4.69) is 31.4 Å². The minimum atomic E-state index is -0.653. The zero-order valence-electron chi connectivity index (χ0n) is 26.5. The number of nitrogens with zero attached hydrogens (tertiary/aromatic N) is 1. The third-order valence-corrected chi connectivity index (χ3v) is 10.7. The lowest BCUT2D eigenvalue weighted by Crippen LogP contribution is -2.50. The minimum absolute atomic E-state index is 0.0155. The number of Topliss-reactive ketones (excluding diaryl/α,β-unsaturated/α-hetero) is 2. The van der Waals surface area contributed by atoms with E-state index in [4.69, 9.17) is 9.47 Å². The molecule has 11 nitrogen and oxygen atoms in total. The number of fused-ring (bicyclic) bond motifs is 2. The molecule has 1 saturated heterocycles. The molecule has 0 spiro atoms. The van der Waals surface area contributed by atoms with Crippen molar-refractivity contribution in [2.75, 3.05) is 26.3 Å². The number of carbonyl (C=O) groups excluding carboxylic acids is 6. The topological polar surface area (TPSA) is 148 Å². The van der Waals surface area contributed by atoms with Crippen molar-refractivity contribution in [1.82, 2.24) is 15.5 Å². The molecule has 5 rings (SSSR count). The van der Waals surface area contributed by atoms with E-state index in [-0.39, 0.29) is 90.1 Å². The van der Waals surface area contributed by atoms with E-state index in [0.717, 1.165) is 64.2 Å². The average Bonchev–Trinajstić information content (AvgIpc) is 3.35. The third-order valence-electron chi connectivity index (χ3n) is 10.7. The SMILES string of the molecule is CC1(C)CC(NC(=O)OCCN2C(=O)C3CCCCC3C2=O)CC(C)(CNC(=O)OCCC2C(=O)C3CCCCC3C2=O)C1. The molecule has 0 radical (unpaired) electrons. The van der Waals surface area contributed by atoms with E-state index in [1.807, 2.05) is 0 Å². The van der Waals surface area contributed by atoms with Gasteiger partial charge in [0, 0.05) is 24.4 Å². The first kappa shape index (κ1) is 32.4. The van der Waals surface area contributed by atoms with Gasteiger partial charge in [-0.2, -0.15) is 0 Å². The van der Waals surface area contributed by atoms with Crippen LogP contribution in [0.25, 0.3) is 0 Å². The molecule has 1 aliphatic heterocycles. The van der Waals surface area contributed by atoms with Gasteiger partial charge in [0.25, 0.3) is 0 Å². The number of ether oxygens (including phenoxy) is 2. The molecule has 0 aromatic rings. The summed E-state index contributed by atoms with van der Waals surface area (Å²) in [5.74, 6) is -1.62. The molecule has 6 atom stereocenters. The van der Waals surface area contributed by atoms with Gasteiger partial charge in [-0.1, -0.05) is 46.5 Å². The molecule has 0 aromatic heterocycles. The summed E-state index contributed by atoms with van der Waals surface area (Å²) in [6, 6.07) is -0.185. The van der Waals surface area contributed by atoms with Gasteiger partial charge < -0.3 is 20.1 Å². The number of hydrogen-bond donors (Lipinski definition) is 2. The smallest absolute Gasteiger partial charge is 0.407 e. The number of amides is 4. The van der Waals surface area contributed by atoms with Crippen molar-refractivity contribution < 1.29 is 38.2 Å². The summed E-state index contributed by atoms with van der Waals surface area (Å²) in [4.78, 5) is 77.3. The lowest BCUT2D eigenvalue weighted by atomic mass is 9.62. The van der Waals surface area contributed by atoms with Gasteiger partial charge in [0.1, 0.15) is 18.2 Å². The van der Waals surface area contributed by atoms with Crippen LogP contribution in [0, 0.1) is 40.4 Å². The Bertz CT molecular complexity index is 1120. The lowest BCUT2D eigenvalue weighted by Gasteiger charge is -2.46. The van der Waals surface area contributed by atoms with E-state index in [1.54, 1.807) is 0 Å². The van der Waals surface area contributed by atoms with Gasteiger partial charge in [0.2, 0.25) is 11.8 Å². The molecule has 4 aliphatic carbocycles. The molecule has 0 aromatic carbocycles. The van der Waals surface area contributed by atoms with Crippen LogP contribution in [0.4, 0.5) is 9.59 Å². The highest BCUT2D eigenvalue weighted by atomic mass is 16.6. The van der Waals surface area contributed by atoms with E-state index in [0.29, 0.717) is 13.0 Å². The van der Waals surface area contributed by atoms with Crippen molar-refractivity contribution in [1.29, 1.82) is 0 Å². The second-order valence-electron chi connectivity index (χ2n) is 15.0. The van der Waals surface area contributed by atoms with Gasteiger partial charge in [-0.25, -0.2) is 9.59 Å². The van der Waals surface area contributed by atoms with Crippen LogP contribution < -0.4 is 10.6 Å². The van der Waals surface area contributed by atoms with Crippen molar-refractivity contribution in [2.45, 2.75) is 104 Å². The number of likely N-dealkylation sites (tertiary alicyclic amines) is 1. The molecular weight excluding hydrogens is 566 g/mol. The van der Waals surface area contributed by atoms with E-state index in [9.17, 15) is 28.8 Å². The van der Waals surface area contributed by atoms with Crippen LogP contribution in [0.1, 0.15) is 97.8 Å². The minimum Gasteiger partial charge on any atom is -0.450 e. The van der Waals surface area contributed by atoms with Crippen LogP contribution >= 0.6 is 0 Å². The fourth-order valence-corrected chi connectivity index (χ4v) is 9.12. The molecule has 2 N–H and O–H groups in total. The van der Waals surface area contributed by atoms with Crippen molar-refractivity contribution in [3.05, 3.63) is 0 Å². The Hall–Kier alpha value is -2.98. The van der Waals surface area contributed by atoms with Gasteiger partial charge in [0.15, 0.2) is 0 Å². The second kappa shape index (κ2) is 13.2. The highest BCUT2D eigenvalue weighted by Gasteiger charge is 2.50. The number of nitrogens with one attached hydrogen (secondary N) is 2. The molecule has 4 saturated carbocycles. The van der Waals surface area contributed by atoms with Crippen molar-refractivity contribution in [3.8, 4) is 0 Å². The number of carbonyl (C=O) groups is 6. The Morgan fingerprint density at radius 1 is 0.773 bits per heavy atom. The van der Waals surface area contributed by atoms with Gasteiger partial charge in [-0.15, -0.1) is 0 Å². The Morgan fingerprint density at radius 2 is 1.32 bits per heavy atom. The van der Waals surface area contributed by atoms with Crippen LogP contribution in [-0.4, -0.2) is 72.8 Å². The highest BCUT2D eigenvalue weighted by molar-refractivity contribution is 6.11. The summed E-state index contributed by atoms with van der Waals surface area (Å²) >= 11 is 0. The quantitative estimate of drug-likeness (QED) is 0.290. The van der Waals surface area contributed by atoms with Crippen LogP contribution in [0.5, 0.6) is 0 Å². The molecule has 0 bridgehead atoms. The molecule has 6 unspecified atom stereocenters. The van der Waals surface area contributed by atoms with Gasteiger partial charge >= 0.3 is 12.2 Å². The van der Waals surface area contributed by atoms with Crippen LogP contribution in [0.15, 0.2) is 0 Å². The average molecular weight is 616 g/mol. The monoisotopic (exact) mass is 615 g/mol. The summed E-state index contributed by atoms with van der Waals surface area (Å²) in [6.45, 7) is 6.69. The van der Waals surface area contributed by atoms with Gasteiger partial charge in [-0.05, 0) is 62.2 Å². The predicted molar refractivity (Wildman–Crippen MR) is 159 cm³/mol. The first-order valence-electron chi connectivity index (χ1n) is 16.6. The Kier molecular flexibility index (Phi) is 9.70. The predicted octanol–water partition coefficient (Wildman–Crippen LogP) is 4.16. The van der Waals surface area contributed by atoms with Crippen LogP contribution in [0.3, 0.4) is 0 Å². The van der Waals surface area contributed by atoms with Crippen molar-refractivity contribution in [3.63, 3.8) is 0 Å². The zero-order valence-corrected chi connectivity index (χ0v) is 26.5. The van der Waals surface area contributed by atoms with Crippen molar-refractivity contribution >= 4 is 35.6 Å². The summed E-state index contributed by atoms with van der Waals surface area (Å²) < 4.78 is 10.8. The fraction of sp³-hybridized carbons (Fsp3) is 0.818. The molecule has 244 valence electrons. The Balaban J connectivity index is 1.04. The zero-order chi connectivity index (χ0) is 31.6. The Morgan fingerprint density at radius 3 is 1.91 bits per heavy atom. The number of alkyl carbamates (subject to hydrolysis) is 2. The van der Waals surface area contributed by atoms with Crippen molar-refractivity contribution in [2.24, 2.45) is 40.4 Å². The Labute approximate surface area is 259 Å². The molecule has 5 fully saturated rings. The van der Waals surface area contributed by atoms with Crippen LogP contribution in [-0.2, 0) is 28.7 Å². The molecule has 4 amide bonds. The second-order valence-corrected chi connectivity index (χ2v) is 15.0. The molecule has 1 heterocycles. The maximum atomic E-state index is 12.7. The fourth-order valence-electron chi connectivity index (χ4n) is 9.12. The van der Waals surface area contributed by atoms with E-state index >= 15 is 0 Å². The normalized spacial score (nSPS) is 34.8. The third kappa shape index (κ3) is 7.12. The lowest BCUT2D eigenvalue weighted by molar-refractivity contribution is -0.140. The number of rotatable bonds is 9. The highest BCUT2D eigenvalue weighted by Crippen LogP contribution is 2.46. The summed E-state index contributed by atoms with van der Waals surface area (Å²) in [7, 11) is 0. The summed E-state index contributed by atoms with van der Waals surface area (Å²) in [5.41, 5.74) is -0.433. The number of imide groups is 1. The summed E-state index contributed by atoms with van der Waals surface area (Å²) in [5, 5.41) is 5.81. The number of ketones is 2. The van der Waals surface area contributed by atoms with Gasteiger partial charge in [-0.3, -0.25) is 24.1 Å². The standard InChI is InChI=1S/C33H49N3O8/c1-32(2)16-20(35-31(42)44-15-13-36-28(39)23-10-6-7-11-24(23)29(36)40)17-33(3,18-32)19-34-30(41)43-14-12-25-26(37)21-8-4-5-9-22(21)27(25)38/h20-25H,4-19H2,1-3H3,(H,34,41)(H,35,42). The summed E-state index contributed by atoms with van der Waals surface area (Å²) in [6.07, 6.45) is 8.22. The number of hydrogen-bond acceptors (Lipinski definition) is 8. The first-order valence-corrected chi connectivity index (χ1v) is 16.6. The van der Waals surface area contributed by atoms with Crippen LogP contribution in [0.2, 0.25) is 0 Å². The molecular formula is C33H49N3O8. The first-order chi connectivity index (χ1) is 20.9. The maximum absolute atomic E-state index is 12.7.